The van der Waals surface area contributed by atoms with E-state index in [1.54, 1.807) is 0 Å². The lowest BCUT2D eigenvalue weighted by Crippen LogP contribution is -2.31. The van der Waals surface area contributed by atoms with Crippen LogP contribution in [0.4, 0.5) is 5.13 Å². The van der Waals surface area contributed by atoms with Crippen molar-refractivity contribution >= 4 is 49.9 Å². The van der Waals surface area contributed by atoms with E-state index in [1.165, 1.54) is 29.8 Å². The topological polar surface area (TPSA) is 97.0 Å². The Morgan fingerprint density at radius 2 is 2.00 bits per heavy atom. The highest BCUT2D eigenvalue weighted by atomic mass is 32.1. The van der Waals surface area contributed by atoms with E-state index in [0.717, 1.165) is 27.8 Å². The van der Waals surface area contributed by atoms with Crippen molar-refractivity contribution in [1.82, 2.24) is 9.55 Å². The van der Waals surface area contributed by atoms with Gasteiger partial charge in [-0.05, 0) is 35.7 Å². The van der Waals surface area contributed by atoms with Gasteiger partial charge in [-0.15, -0.1) is 0 Å². The molecule has 0 saturated carbocycles. The summed E-state index contributed by atoms with van der Waals surface area (Å²) in [7, 11) is 3.20. The average molecular weight is 495 g/mol. The fourth-order valence-electron chi connectivity index (χ4n) is 4.12. The number of aromatic nitrogens is 2. The van der Waals surface area contributed by atoms with Crippen LogP contribution in [0.5, 0.6) is 0 Å². The molecular weight excluding hydrogens is 472 g/mol. The number of aliphatic hydroxyl groups is 1. The van der Waals surface area contributed by atoms with Gasteiger partial charge in [0.25, 0.3) is 5.91 Å². The molecule has 0 fully saturated rings. The van der Waals surface area contributed by atoms with Crippen LogP contribution in [0.15, 0.2) is 47.5 Å². The second kappa shape index (κ2) is 9.13. The Bertz CT molecular complexity index is 1480. The molecule has 0 radical (unpaired) electrons. The minimum Gasteiger partial charge on any atom is -0.464 e. The lowest BCUT2D eigenvalue weighted by Gasteiger charge is -2.29. The van der Waals surface area contributed by atoms with Gasteiger partial charge in [-0.3, -0.25) is 4.79 Å². The molecule has 0 unspecified atom stereocenters. The third-order valence-electron chi connectivity index (χ3n) is 5.89. The van der Waals surface area contributed by atoms with Crippen LogP contribution in [0.1, 0.15) is 36.9 Å². The maximum absolute atomic E-state index is 13.3. The zero-order valence-corrected chi connectivity index (χ0v) is 20.3. The number of aliphatic hydroxyl groups excluding tert-OH is 1. The fourth-order valence-corrected chi connectivity index (χ4v) is 6.07. The van der Waals surface area contributed by atoms with E-state index in [2.05, 4.69) is 9.98 Å². The Hall–Kier alpha value is -3.34. The number of para-hydroxylation sites is 1. The summed E-state index contributed by atoms with van der Waals surface area (Å²) >= 11 is 2.74. The number of amides is 1. The van der Waals surface area contributed by atoms with Gasteiger partial charge in [-0.25, -0.2) is 9.78 Å². The van der Waals surface area contributed by atoms with Gasteiger partial charge in [0.05, 0.1) is 28.8 Å². The van der Waals surface area contributed by atoms with Crippen LogP contribution in [0.2, 0.25) is 0 Å². The normalized spacial score (nSPS) is 13.9. The van der Waals surface area contributed by atoms with E-state index in [0.29, 0.717) is 33.5 Å². The van der Waals surface area contributed by atoms with Crippen molar-refractivity contribution in [3.8, 4) is 0 Å². The summed E-state index contributed by atoms with van der Waals surface area (Å²) in [6.07, 6.45) is 0.731. The molecular formula is C24H22N4O4S2. The Morgan fingerprint density at radius 3 is 2.76 bits per heavy atom. The number of thiazole rings is 2. The lowest BCUT2D eigenvalue weighted by molar-refractivity contribution is 0.0591. The van der Waals surface area contributed by atoms with E-state index < -0.39 is 5.97 Å². The summed E-state index contributed by atoms with van der Waals surface area (Å²) in [5.74, 6) is -0.860. The van der Waals surface area contributed by atoms with E-state index in [4.69, 9.17) is 4.74 Å². The zero-order valence-electron chi connectivity index (χ0n) is 18.6. The molecule has 2 aromatic heterocycles. The number of carbonyl (C=O) groups excluding carboxylic acids is 2. The van der Waals surface area contributed by atoms with E-state index >= 15 is 0 Å². The highest BCUT2D eigenvalue weighted by Crippen LogP contribution is 2.32. The van der Waals surface area contributed by atoms with Gasteiger partial charge in [-0.1, -0.05) is 46.9 Å². The lowest BCUT2D eigenvalue weighted by atomic mass is 9.95. The minimum atomic E-state index is -0.574. The predicted octanol–water partition coefficient (Wildman–Crippen LogP) is 3.28. The first kappa shape index (κ1) is 22.5. The van der Waals surface area contributed by atoms with Crippen LogP contribution in [0.25, 0.3) is 10.2 Å². The number of carbonyl (C=O) groups is 2. The number of anilines is 1. The maximum atomic E-state index is 13.3. The number of aryl methyl sites for hydroxylation is 1. The highest BCUT2D eigenvalue weighted by molar-refractivity contribution is 7.16. The molecule has 5 rings (SSSR count). The van der Waals surface area contributed by atoms with Gasteiger partial charge >= 0.3 is 5.97 Å². The van der Waals surface area contributed by atoms with Gasteiger partial charge in [0.1, 0.15) is 0 Å². The Labute approximate surface area is 203 Å². The van der Waals surface area contributed by atoms with Crippen molar-refractivity contribution in [2.75, 3.05) is 18.6 Å². The maximum Gasteiger partial charge on any atom is 0.358 e. The predicted molar refractivity (Wildman–Crippen MR) is 131 cm³/mol. The molecule has 1 aliphatic heterocycles. The summed E-state index contributed by atoms with van der Waals surface area (Å²) < 4.78 is 7.79. The van der Waals surface area contributed by atoms with Crippen LogP contribution in [0, 0.1) is 0 Å². The number of hydrogen-bond donors (Lipinski definition) is 1. The molecule has 2 aromatic carbocycles. The van der Waals surface area contributed by atoms with Gasteiger partial charge < -0.3 is 19.3 Å². The van der Waals surface area contributed by atoms with Crippen molar-refractivity contribution in [3.05, 3.63) is 74.5 Å². The molecule has 1 amide bonds. The quantitative estimate of drug-likeness (QED) is 0.438. The number of esters is 1. The number of hydrogen-bond acceptors (Lipinski definition) is 8. The summed E-state index contributed by atoms with van der Waals surface area (Å²) in [5, 5.41) is 10.3. The third kappa shape index (κ3) is 3.93. The largest absolute Gasteiger partial charge is 0.464 e. The van der Waals surface area contributed by atoms with Crippen molar-refractivity contribution < 1.29 is 19.4 Å². The van der Waals surface area contributed by atoms with Crippen molar-refractivity contribution in [2.45, 2.75) is 19.6 Å². The van der Waals surface area contributed by atoms with Crippen molar-refractivity contribution in [2.24, 2.45) is 12.0 Å². The Kier molecular flexibility index (Phi) is 6.03. The first-order valence-electron chi connectivity index (χ1n) is 10.7. The third-order valence-corrected chi connectivity index (χ3v) is 8.11. The monoisotopic (exact) mass is 494 g/mol. The first-order chi connectivity index (χ1) is 16.5. The van der Waals surface area contributed by atoms with Crippen LogP contribution in [-0.4, -0.2) is 40.2 Å². The molecule has 8 nitrogen and oxygen atoms in total. The van der Waals surface area contributed by atoms with Gasteiger partial charge in [0.2, 0.25) is 0 Å². The molecule has 0 spiro atoms. The van der Waals surface area contributed by atoms with E-state index in [1.807, 2.05) is 59.0 Å². The second-order valence-electron chi connectivity index (χ2n) is 7.86. The molecule has 34 heavy (non-hydrogen) atoms. The summed E-state index contributed by atoms with van der Waals surface area (Å²) in [4.78, 5) is 37.3. The average Bonchev–Trinajstić information content (AvgIpc) is 3.44. The number of ether oxygens (including phenoxy) is 1. The van der Waals surface area contributed by atoms with Gasteiger partial charge in [-0.2, -0.15) is 4.99 Å². The summed E-state index contributed by atoms with van der Waals surface area (Å²) in [6.45, 7) is 0.859. The molecule has 0 atom stereocenters. The van der Waals surface area contributed by atoms with Crippen molar-refractivity contribution in [3.63, 3.8) is 0 Å². The minimum absolute atomic E-state index is 0.132. The zero-order chi connectivity index (χ0) is 23.8. The van der Waals surface area contributed by atoms with Gasteiger partial charge in [0, 0.05) is 25.7 Å². The molecule has 0 saturated heterocycles. The molecule has 1 N–H and O–H groups in total. The number of fused-ring (bicyclic) bond motifs is 2. The van der Waals surface area contributed by atoms with Gasteiger partial charge in [0.15, 0.2) is 15.6 Å². The number of rotatable bonds is 4. The van der Waals surface area contributed by atoms with Crippen molar-refractivity contribution in [1.29, 1.82) is 0 Å². The number of nitrogens with zero attached hydrogens (tertiary/aromatic N) is 4. The molecule has 0 bridgehead atoms. The molecule has 4 aromatic rings. The highest BCUT2D eigenvalue weighted by Gasteiger charge is 2.26. The SMILES string of the molecule is COC(=O)c1nc(N2CCc3cccc(C(=O)N=c4sc5ccccc5n4C)c3C2)sc1CO. The van der Waals surface area contributed by atoms with E-state index in [-0.39, 0.29) is 18.2 Å². The number of benzene rings is 2. The Morgan fingerprint density at radius 1 is 1.18 bits per heavy atom. The van der Waals surface area contributed by atoms with Crippen LogP contribution < -0.4 is 9.70 Å². The van der Waals surface area contributed by atoms with Crippen LogP contribution >= 0.6 is 22.7 Å². The standard InChI is InChI=1S/C24H22N4O4S2/c1-27-17-8-3-4-9-18(17)33-23(27)26-21(30)15-7-5-6-14-10-11-28(12-16(14)15)24-25-20(22(31)32-2)19(13-29)34-24/h3-9,29H,10-13H2,1-2H3. The smallest absolute Gasteiger partial charge is 0.358 e. The number of methoxy groups -OCH3 is 1. The van der Waals surface area contributed by atoms with Crippen LogP contribution in [0.3, 0.4) is 0 Å². The van der Waals surface area contributed by atoms with E-state index in [9.17, 15) is 14.7 Å². The molecule has 174 valence electrons. The molecule has 10 heteroatoms. The first-order valence-corrected chi connectivity index (χ1v) is 12.3. The molecule has 0 aliphatic carbocycles. The fraction of sp³-hybridized carbons (Fsp3) is 0.250. The molecule has 1 aliphatic rings. The second-order valence-corrected chi connectivity index (χ2v) is 9.93. The summed E-state index contributed by atoms with van der Waals surface area (Å²) in [6, 6.07) is 13.7. The molecule has 3 heterocycles. The Balaban J connectivity index is 1.50. The summed E-state index contributed by atoms with van der Waals surface area (Å²) in [5.41, 5.74) is 3.74. The van der Waals surface area contributed by atoms with Crippen LogP contribution in [-0.2, 0) is 31.4 Å².